The molecule has 0 unspecified atom stereocenters. The first-order valence-electron chi connectivity index (χ1n) is 9.64. The number of rotatable bonds is 6. The van der Waals surface area contributed by atoms with Crippen molar-refractivity contribution in [3.63, 3.8) is 0 Å². The molecule has 4 heteroatoms. The van der Waals surface area contributed by atoms with Gasteiger partial charge in [-0.3, -0.25) is 4.99 Å². The number of benzene rings is 2. The molecule has 0 amide bonds. The number of para-hydroxylation sites is 1. The van der Waals surface area contributed by atoms with Crippen molar-refractivity contribution >= 4 is 6.21 Å². The lowest BCUT2D eigenvalue weighted by atomic mass is 9.66. The molecule has 2 aromatic rings. The van der Waals surface area contributed by atoms with Gasteiger partial charge in [0.15, 0.2) is 0 Å². The molecule has 1 saturated heterocycles. The largest absolute Gasteiger partial charge is 0.507 e. The van der Waals surface area contributed by atoms with Gasteiger partial charge < -0.3 is 9.84 Å². The van der Waals surface area contributed by atoms with Crippen LogP contribution in [0.5, 0.6) is 5.75 Å². The van der Waals surface area contributed by atoms with E-state index in [-0.39, 0.29) is 22.6 Å². The number of halogens is 1. The van der Waals surface area contributed by atoms with Crippen molar-refractivity contribution < 1.29 is 14.2 Å². The van der Waals surface area contributed by atoms with Gasteiger partial charge >= 0.3 is 0 Å². The maximum absolute atomic E-state index is 13.5. The van der Waals surface area contributed by atoms with E-state index in [2.05, 4.69) is 18.8 Å². The third-order valence-corrected chi connectivity index (χ3v) is 5.83. The number of phenolic OH excluding ortho intramolecular Hbond substituents is 1. The van der Waals surface area contributed by atoms with Gasteiger partial charge in [-0.05, 0) is 62.4 Å². The Morgan fingerprint density at radius 2 is 1.93 bits per heavy atom. The Morgan fingerprint density at radius 1 is 1.19 bits per heavy atom. The van der Waals surface area contributed by atoms with Crippen LogP contribution in [0.15, 0.2) is 53.5 Å². The second kappa shape index (κ2) is 8.22. The van der Waals surface area contributed by atoms with Crippen LogP contribution in [0.25, 0.3) is 0 Å². The van der Waals surface area contributed by atoms with Crippen LogP contribution in [-0.4, -0.2) is 30.1 Å². The topological polar surface area (TPSA) is 41.8 Å². The van der Waals surface area contributed by atoms with Crippen molar-refractivity contribution in [3.8, 4) is 5.75 Å². The van der Waals surface area contributed by atoms with E-state index in [0.717, 1.165) is 36.8 Å². The monoisotopic (exact) mass is 369 g/mol. The van der Waals surface area contributed by atoms with Crippen LogP contribution in [0.3, 0.4) is 0 Å². The van der Waals surface area contributed by atoms with Crippen LogP contribution in [-0.2, 0) is 10.2 Å². The number of phenols is 1. The minimum atomic E-state index is -0.211. The molecule has 2 aromatic carbocycles. The second-order valence-corrected chi connectivity index (χ2v) is 7.71. The number of aromatic hydroxyl groups is 1. The summed E-state index contributed by atoms with van der Waals surface area (Å²) in [6, 6.07) is 14.1. The summed E-state index contributed by atoms with van der Waals surface area (Å²) in [6.07, 6.45) is 5.33. The molecule has 0 saturated carbocycles. The fourth-order valence-electron chi connectivity index (χ4n) is 4.02. The zero-order valence-corrected chi connectivity index (χ0v) is 16.1. The van der Waals surface area contributed by atoms with Crippen LogP contribution in [0.2, 0.25) is 0 Å². The third kappa shape index (κ3) is 4.56. The summed E-state index contributed by atoms with van der Waals surface area (Å²) in [5.41, 5.74) is 1.63. The highest BCUT2D eigenvalue weighted by Crippen LogP contribution is 2.45. The number of hydrogen-bond donors (Lipinski definition) is 1. The number of hydrogen-bond acceptors (Lipinski definition) is 3. The Hall–Kier alpha value is -2.20. The zero-order valence-electron chi connectivity index (χ0n) is 16.1. The summed E-state index contributed by atoms with van der Waals surface area (Å²) < 4.78 is 19.5. The Labute approximate surface area is 160 Å². The van der Waals surface area contributed by atoms with E-state index in [1.165, 1.54) is 0 Å². The van der Waals surface area contributed by atoms with Gasteiger partial charge in [-0.1, -0.05) is 31.2 Å². The van der Waals surface area contributed by atoms with Gasteiger partial charge in [-0.2, -0.15) is 0 Å². The number of nitrogens with zero attached hydrogens (tertiary/aromatic N) is 1. The van der Waals surface area contributed by atoms with Gasteiger partial charge in [0.1, 0.15) is 11.6 Å². The SMILES string of the molecule is CC[C@@]1(C)C[C@@](CCN=Cc2ccccc2O)(c2ccc(F)cc2)CCO1. The Bertz CT molecular complexity index is 789. The standard InChI is InChI=1S/C23H28FNO2/c1-3-22(2)17-23(13-15-27-22,19-8-10-20(24)11-9-19)12-14-25-16-18-6-4-5-7-21(18)26/h4-11,16,26H,3,12-15,17H2,1-2H3/t22-,23-/m0/s1. The number of aliphatic imine (C=N–C) groups is 1. The predicted molar refractivity (Wildman–Crippen MR) is 107 cm³/mol. The molecule has 3 rings (SSSR count). The summed E-state index contributed by atoms with van der Waals surface area (Å²) in [6.45, 7) is 5.66. The Kier molecular flexibility index (Phi) is 5.95. The van der Waals surface area contributed by atoms with E-state index in [4.69, 9.17) is 4.74 Å². The summed E-state index contributed by atoms with van der Waals surface area (Å²) >= 11 is 0. The molecule has 0 spiro atoms. The van der Waals surface area contributed by atoms with Crippen molar-refractivity contribution in [2.45, 2.75) is 50.5 Å². The van der Waals surface area contributed by atoms with E-state index >= 15 is 0 Å². The maximum Gasteiger partial charge on any atom is 0.124 e. The van der Waals surface area contributed by atoms with Crippen molar-refractivity contribution in [2.75, 3.05) is 13.2 Å². The molecule has 1 N–H and O–H groups in total. The van der Waals surface area contributed by atoms with Gasteiger partial charge in [0.05, 0.1) is 5.60 Å². The molecule has 1 aliphatic heterocycles. The van der Waals surface area contributed by atoms with E-state index in [9.17, 15) is 9.50 Å². The fraction of sp³-hybridized carbons (Fsp3) is 0.435. The normalized spacial score (nSPS) is 25.7. The molecule has 0 bridgehead atoms. The van der Waals surface area contributed by atoms with Crippen LogP contribution >= 0.6 is 0 Å². The molecular weight excluding hydrogens is 341 g/mol. The minimum Gasteiger partial charge on any atom is -0.507 e. The highest BCUT2D eigenvalue weighted by molar-refractivity contribution is 5.83. The molecular formula is C23H28FNO2. The highest BCUT2D eigenvalue weighted by Gasteiger charge is 2.43. The van der Waals surface area contributed by atoms with E-state index < -0.39 is 0 Å². The van der Waals surface area contributed by atoms with Gasteiger partial charge in [0.2, 0.25) is 0 Å². The van der Waals surface area contributed by atoms with Gasteiger partial charge in [0.25, 0.3) is 0 Å². The van der Waals surface area contributed by atoms with E-state index in [1.54, 1.807) is 30.5 Å². The first-order chi connectivity index (χ1) is 13.0. The average Bonchev–Trinajstić information content (AvgIpc) is 2.67. The molecule has 1 aliphatic rings. The predicted octanol–water partition coefficient (Wildman–Crippen LogP) is 5.26. The second-order valence-electron chi connectivity index (χ2n) is 7.71. The van der Waals surface area contributed by atoms with Crippen molar-refractivity contribution in [3.05, 3.63) is 65.5 Å². The van der Waals surface area contributed by atoms with E-state index in [1.807, 2.05) is 24.3 Å². The zero-order chi connectivity index (χ0) is 19.3. The first-order valence-corrected chi connectivity index (χ1v) is 9.64. The Balaban J connectivity index is 1.80. The average molecular weight is 369 g/mol. The summed E-state index contributed by atoms with van der Waals surface area (Å²) in [7, 11) is 0. The maximum atomic E-state index is 13.5. The molecule has 3 nitrogen and oxygen atoms in total. The van der Waals surface area contributed by atoms with Crippen molar-refractivity contribution in [2.24, 2.45) is 4.99 Å². The summed E-state index contributed by atoms with van der Waals surface area (Å²) in [5, 5.41) is 9.87. The molecule has 144 valence electrons. The fourth-order valence-corrected chi connectivity index (χ4v) is 4.02. The molecule has 0 aromatic heterocycles. The summed E-state index contributed by atoms with van der Waals surface area (Å²) in [4.78, 5) is 4.56. The lowest BCUT2D eigenvalue weighted by Gasteiger charge is -2.46. The molecule has 1 heterocycles. The lowest BCUT2D eigenvalue weighted by Crippen LogP contribution is -2.45. The highest BCUT2D eigenvalue weighted by atomic mass is 19.1. The van der Waals surface area contributed by atoms with Crippen LogP contribution < -0.4 is 0 Å². The van der Waals surface area contributed by atoms with Crippen LogP contribution in [0, 0.1) is 5.82 Å². The molecule has 2 atom stereocenters. The quantitative estimate of drug-likeness (QED) is 0.706. The third-order valence-electron chi connectivity index (χ3n) is 5.83. The van der Waals surface area contributed by atoms with Crippen LogP contribution in [0.4, 0.5) is 4.39 Å². The van der Waals surface area contributed by atoms with Gasteiger partial charge in [0, 0.05) is 30.3 Å². The molecule has 0 aliphatic carbocycles. The minimum absolute atomic E-state index is 0.0766. The lowest BCUT2D eigenvalue weighted by molar-refractivity contribution is -0.0976. The Morgan fingerprint density at radius 3 is 2.63 bits per heavy atom. The number of ether oxygens (including phenoxy) is 1. The van der Waals surface area contributed by atoms with Gasteiger partial charge in [-0.25, -0.2) is 4.39 Å². The molecule has 1 fully saturated rings. The summed E-state index contributed by atoms with van der Waals surface area (Å²) in [5.74, 6) is 0.0240. The van der Waals surface area contributed by atoms with E-state index in [0.29, 0.717) is 13.2 Å². The van der Waals surface area contributed by atoms with Crippen LogP contribution in [0.1, 0.15) is 50.7 Å². The van der Waals surface area contributed by atoms with Crippen molar-refractivity contribution in [1.82, 2.24) is 0 Å². The van der Waals surface area contributed by atoms with Crippen molar-refractivity contribution in [1.29, 1.82) is 0 Å². The smallest absolute Gasteiger partial charge is 0.124 e. The molecule has 27 heavy (non-hydrogen) atoms. The van der Waals surface area contributed by atoms with Gasteiger partial charge in [-0.15, -0.1) is 0 Å². The molecule has 0 radical (unpaired) electrons. The first kappa shape index (κ1) is 19.6.